The molecule has 0 aliphatic carbocycles. The van der Waals surface area contributed by atoms with Crippen molar-refractivity contribution in [1.29, 1.82) is 0 Å². The molecule has 0 unspecified atom stereocenters. The minimum absolute atomic E-state index is 0.191. The number of hydrogen-bond donors (Lipinski definition) is 3. The Morgan fingerprint density at radius 1 is 1.10 bits per heavy atom. The third kappa shape index (κ3) is 8.07. The van der Waals surface area contributed by atoms with Gasteiger partial charge in [0.15, 0.2) is 0 Å². The van der Waals surface area contributed by atoms with Crippen molar-refractivity contribution in [3.8, 4) is 0 Å². The average Bonchev–Trinajstić information content (AvgIpc) is 2.43. The molecule has 0 aromatic carbocycles. The summed E-state index contributed by atoms with van der Waals surface area (Å²) in [7, 11) is 0. The van der Waals surface area contributed by atoms with Gasteiger partial charge in [0, 0.05) is 37.8 Å². The van der Waals surface area contributed by atoms with Gasteiger partial charge in [-0.2, -0.15) is 0 Å². The summed E-state index contributed by atoms with van der Waals surface area (Å²) in [6.07, 6.45) is 4.87. The van der Waals surface area contributed by atoms with Crippen molar-refractivity contribution in [2.24, 2.45) is 0 Å². The molecule has 20 heavy (non-hydrogen) atoms. The third-order valence-corrected chi connectivity index (χ3v) is 2.75. The predicted molar refractivity (Wildman–Crippen MR) is 75.4 cm³/mol. The van der Waals surface area contributed by atoms with Gasteiger partial charge in [-0.1, -0.05) is 12.5 Å². The van der Waals surface area contributed by atoms with Gasteiger partial charge in [-0.3, -0.25) is 9.78 Å². The first-order chi connectivity index (χ1) is 9.68. The maximum absolute atomic E-state index is 11.4. The molecule has 0 atom stereocenters. The normalized spacial score (nSPS) is 10.0. The Balaban J connectivity index is 1.97. The number of carboxylic acid groups (broad SMARTS) is 1. The van der Waals surface area contributed by atoms with Gasteiger partial charge in [0.1, 0.15) is 0 Å². The van der Waals surface area contributed by atoms with Gasteiger partial charge in [-0.05, 0) is 25.0 Å². The second-order valence-corrected chi connectivity index (χ2v) is 4.46. The van der Waals surface area contributed by atoms with Crippen molar-refractivity contribution in [2.45, 2.75) is 32.1 Å². The lowest BCUT2D eigenvalue weighted by Crippen LogP contribution is -2.37. The standard InChI is InChI=1S/C14H21N3O3/c18-13(19)7-2-1-4-10-16-14(20)17-11-8-12-6-3-5-9-15-12/h3,5-6,9H,1-2,4,7-8,10-11H2,(H,18,19)(H2,16,17,20). The van der Waals surface area contributed by atoms with E-state index in [0.717, 1.165) is 18.5 Å². The van der Waals surface area contributed by atoms with Crippen LogP contribution >= 0.6 is 0 Å². The van der Waals surface area contributed by atoms with Gasteiger partial charge >= 0.3 is 12.0 Å². The monoisotopic (exact) mass is 279 g/mol. The minimum Gasteiger partial charge on any atom is -0.481 e. The molecule has 0 bridgehead atoms. The third-order valence-electron chi connectivity index (χ3n) is 2.75. The first-order valence-electron chi connectivity index (χ1n) is 6.82. The topological polar surface area (TPSA) is 91.3 Å². The molecule has 3 N–H and O–H groups in total. The average molecular weight is 279 g/mol. The molecule has 0 spiro atoms. The van der Waals surface area contributed by atoms with Crippen LogP contribution in [0.15, 0.2) is 24.4 Å². The van der Waals surface area contributed by atoms with Crippen LogP contribution in [0.1, 0.15) is 31.4 Å². The van der Waals surface area contributed by atoms with E-state index < -0.39 is 5.97 Å². The number of rotatable bonds is 9. The summed E-state index contributed by atoms with van der Waals surface area (Å²) in [6, 6.07) is 5.49. The fraction of sp³-hybridized carbons (Fsp3) is 0.500. The van der Waals surface area contributed by atoms with Crippen LogP contribution < -0.4 is 10.6 Å². The fourth-order valence-corrected chi connectivity index (χ4v) is 1.69. The highest BCUT2D eigenvalue weighted by Gasteiger charge is 2.00. The second-order valence-electron chi connectivity index (χ2n) is 4.46. The van der Waals surface area contributed by atoms with Gasteiger partial charge in [0.2, 0.25) is 0 Å². The van der Waals surface area contributed by atoms with E-state index in [4.69, 9.17) is 5.11 Å². The van der Waals surface area contributed by atoms with E-state index in [1.807, 2.05) is 18.2 Å². The Hall–Kier alpha value is -2.11. The Kier molecular flexibility index (Phi) is 7.79. The van der Waals surface area contributed by atoms with E-state index in [0.29, 0.717) is 25.9 Å². The van der Waals surface area contributed by atoms with Crippen molar-refractivity contribution < 1.29 is 14.7 Å². The fourth-order valence-electron chi connectivity index (χ4n) is 1.69. The van der Waals surface area contributed by atoms with Crippen LogP contribution in [0.3, 0.4) is 0 Å². The lowest BCUT2D eigenvalue weighted by Gasteiger charge is -2.07. The van der Waals surface area contributed by atoms with E-state index in [2.05, 4.69) is 15.6 Å². The number of carbonyl (C=O) groups is 2. The predicted octanol–water partition coefficient (Wildman–Crippen LogP) is 1.57. The summed E-state index contributed by atoms with van der Waals surface area (Å²) >= 11 is 0. The van der Waals surface area contributed by atoms with Gasteiger partial charge in [-0.25, -0.2) is 4.79 Å². The number of aromatic nitrogens is 1. The number of amides is 2. The Morgan fingerprint density at radius 2 is 1.90 bits per heavy atom. The van der Waals surface area contributed by atoms with Crippen molar-refractivity contribution in [3.05, 3.63) is 30.1 Å². The van der Waals surface area contributed by atoms with Gasteiger partial charge < -0.3 is 15.7 Å². The zero-order chi connectivity index (χ0) is 14.6. The van der Waals surface area contributed by atoms with Crippen LogP contribution in [-0.2, 0) is 11.2 Å². The van der Waals surface area contributed by atoms with E-state index in [-0.39, 0.29) is 12.5 Å². The molecule has 2 amide bonds. The Morgan fingerprint density at radius 3 is 2.60 bits per heavy atom. The number of hydrogen-bond acceptors (Lipinski definition) is 3. The molecule has 1 aromatic heterocycles. The van der Waals surface area contributed by atoms with Crippen molar-refractivity contribution in [2.75, 3.05) is 13.1 Å². The van der Waals surface area contributed by atoms with Crippen molar-refractivity contribution in [1.82, 2.24) is 15.6 Å². The van der Waals surface area contributed by atoms with Crippen LogP contribution in [0.2, 0.25) is 0 Å². The zero-order valence-electron chi connectivity index (χ0n) is 11.5. The first kappa shape index (κ1) is 15.9. The number of pyridine rings is 1. The molecule has 0 fully saturated rings. The summed E-state index contributed by atoms with van der Waals surface area (Å²) in [6.45, 7) is 1.11. The minimum atomic E-state index is -0.773. The molecule has 0 radical (unpaired) electrons. The Bertz CT molecular complexity index is 409. The molecule has 6 heteroatoms. The maximum atomic E-state index is 11.4. The molecule has 1 aromatic rings. The van der Waals surface area contributed by atoms with Crippen LogP contribution in [0, 0.1) is 0 Å². The SMILES string of the molecule is O=C(O)CCCCCNC(=O)NCCc1ccccn1. The molecule has 0 saturated carbocycles. The highest BCUT2D eigenvalue weighted by Crippen LogP contribution is 1.98. The molecule has 0 aliphatic heterocycles. The van der Waals surface area contributed by atoms with E-state index >= 15 is 0 Å². The lowest BCUT2D eigenvalue weighted by atomic mass is 10.2. The summed E-state index contributed by atoms with van der Waals surface area (Å²) in [5, 5.41) is 14.0. The molecule has 1 heterocycles. The number of nitrogens with zero attached hydrogens (tertiary/aromatic N) is 1. The quantitative estimate of drug-likeness (QED) is 0.598. The second kappa shape index (κ2) is 9.77. The number of nitrogens with one attached hydrogen (secondary N) is 2. The molecule has 6 nitrogen and oxygen atoms in total. The van der Waals surface area contributed by atoms with Crippen LogP contribution in [0.4, 0.5) is 4.79 Å². The molecular formula is C14H21N3O3. The highest BCUT2D eigenvalue weighted by atomic mass is 16.4. The lowest BCUT2D eigenvalue weighted by molar-refractivity contribution is -0.137. The van der Waals surface area contributed by atoms with Gasteiger partial charge in [0.05, 0.1) is 0 Å². The zero-order valence-corrected chi connectivity index (χ0v) is 11.5. The summed E-state index contributed by atoms with van der Waals surface area (Å²) < 4.78 is 0. The van der Waals surface area contributed by atoms with E-state index in [1.54, 1.807) is 6.20 Å². The van der Waals surface area contributed by atoms with Gasteiger partial charge in [-0.15, -0.1) is 0 Å². The number of carbonyl (C=O) groups excluding carboxylic acids is 1. The van der Waals surface area contributed by atoms with Crippen molar-refractivity contribution in [3.63, 3.8) is 0 Å². The number of unbranched alkanes of at least 4 members (excludes halogenated alkanes) is 2. The largest absolute Gasteiger partial charge is 0.481 e. The van der Waals surface area contributed by atoms with Crippen LogP contribution in [0.5, 0.6) is 0 Å². The summed E-state index contributed by atoms with van der Waals surface area (Å²) in [5.41, 5.74) is 0.946. The highest BCUT2D eigenvalue weighted by molar-refractivity contribution is 5.73. The van der Waals surface area contributed by atoms with E-state index in [9.17, 15) is 9.59 Å². The van der Waals surface area contributed by atoms with Crippen LogP contribution in [0.25, 0.3) is 0 Å². The first-order valence-corrected chi connectivity index (χ1v) is 6.82. The molecule has 0 aliphatic rings. The number of carboxylic acids is 1. The molecule has 110 valence electrons. The maximum Gasteiger partial charge on any atom is 0.314 e. The summed E-state index contributed by atoms with van der Waals surface area (Å²) in [5.74, 6) is -0.773. The number of urea groups is 1. The molecule has 0 saturated heterocycles. The number of aliphatic carboxylic acids is 1. The smallest absolute Gasteiger partial charge is 0.314 e. The van der Waals surface area contributed by atoms with E-state index in [1.165, 1.54) is 0 Å². The van der Waals surface area contributed by atoms with Crippen molar-refractivity contribution >= 4 is 12.0 Å². The van der Waals surface area contributed by atoms with Crippen LogP contribution in [-0.4, -0.2) is 35.2 Å². The van der Waals surface area contributed by atoms with Gasteiger partial charge in [0.25, 0.3) is 0 Å². The molecular weight excluding hydrogens is 258 g/mol. The summed E-state index contributed by atoms with van der Waals surface area (Å²) in [4.78, 5) is 25.9. The molecule has 1 rings (SSSR count). The Labute approximate surface area is 118 Å².